The van der Waals surface area contributed by atoms with E-state index in [1.54, 1.807) is 46.3 Å². The highest BCUT2D eigenvalue weighted by molar-refractivity contribution is 5.80. The van der Waals surface area contributed by atoms with Crippen molar-refractivity contribution >= 4 is 5.91 Å². The number of aliphatic hydroxyl groups is 1. The Kier molecular flexibility index (Phi) is 4.97. The van der Waals surface area contributed by atoms with Crippen molar-refractivity contribution < 1.29 is 19.4 Å². The minimum absolute atomic E-state index is 0.130. The lowest BCUT2D eigenvalue weighted by molar-refractivity contribution is -0.135. The lowest BCUT2D eigenvalue weighted by Crippen LogP contribution is -2.35. The largest absolute Gasteiger partial charge is 0.497 e. The molecule has 5 heteroatoms. The van der Waals surface area contributed by atoms with Crippen LogP contribution in [0.1, 0.15) is 12.5 Å². The fraction of sp³-hybridized carbons (Fsp3) is 0.462. The molecule has 1 atom stereocenters. The Morgan fingerprint density at radius 3 is 2.61 bits per heavy atom. The monoisotopic (exact) mass is 253 g/mol. The second kappa shape index (κ2) is 6.26. The van der Waals surface area contributed by atoms with Gasteiger partial charge >= 0.3 is 0 Å². The third-order valence-corrected chi connectivity index (χ3v) is 2.53. The second-order valence-corrected chi connectivity index (χ2v) is 4.12. The number of carbonyl (C=O) groups excluding carboxylic acids is 1. The fourth-order valence-corrected chi connectivity index (χ4v) is 1.53. The molecule has 1 aromatic rings. The number of likely N-dealkylation sites (N-methyl/N-ethyl adjacent to an activating group) is 1. The molecule has 100 valence electrons. The van der Waals surface area contributed by atoms with E-state index in [0.29, 0.717) is 17.1 Å². The number of benzene rings is 1. The van der Waals surface area contributed by atoms with Gasteiger partial charge in [-0.3, -0.25) is 4.79 Å². The molecule has 0 aromatic heterocycles. The number of ether oxygens (including phenoxy) is 2. The topological polar surface area (TPSA) is 59.0 Å². The average Bonchev–Trinajstić information content (AvgIpc) is 2.37. The summed E-state index contributed by atoms with van der Waals surface area (Å²) in [6.07, 6.45) is -0.598. The molecular formula is C13H19NO4. The molecule has 0 radical (unpaired) electrons. The normalized spacial score (nSPS) is 11.8. The molecule has 0 aliphatic carbocycles. The number of nitrogens with zero attached hydrogens (tertiary/aromatic N) is 1. The number of carbonyl (C=O) groups is 1. The lowest BCUT2D eigenvalue weighted by atomic mass is 10.2. The Morgan fingerprint density at radius 1 is 1.44 bits per heavy atom. The van der Waals surface area contributed by atoms with E-state index in [0.717, 1.165) is 0 Å². The maximum Gasteiger partial charge on any atom is 0.262 e. The van der Waals surface area contributed by atoms with Gasteiger partial charge in [0.1, 0.15) is 11.5 Å². The van der Waals surface area contributed by atoms with Crippen molar-refractivity contribution in [1.29, 1.82) is 0 Å². The fourth-order valence-electron chi connectivity index (χ4n) is 1.53. The Labute approximate surface area is 107 Å². The van der Waals surface area contributed by atoms with E-state index in [1.807, 2.05) is 0 Å². The first kappa shape index (κ1) is 14.3. The summed E-state index contributed by atoms with van der Waals surface area (Å²) in [7, 11) is 4.89. The van der Waals surface area contributed by atoms with Crippen molar-refractivity contribution in [2.75, 3.05) is 21.2 Å². The van der Waals surface area contributed by atoms with Gasteiger partial charge in [-0.05, 0) is 25.1 Å². The van der Waals surface area contributed by atoms with Crippen LogP contribution in [0.4, 0.5) is 0 Å². The molecular weight excluding hydrogens is 234 g/mol. The van der Waals surface area contributed by atoms with Gasteiger partial charge in [0.25, 0.3) is 5.91 Å². The molecule has 0 aliphatic heterocycles. The summed E-state index contributed by atoms with van der Waals surface area (Å²) in [4.78, 5) is 13.1. The minimum atomic E-state index is -0.598. The summed E-state index contributed by atoms with van der Waals surface area (Å²) >= 11 is 0. The Morgan fingerprint density at radius 2 is 2.11 bits per heavy atom. The number of hydrogen-bond acceptors (Lipinski definition) is 4. The summed E-state index contributed by atoms with van der Waals surface area (Å²) in [5.41, 5.74) is 0.591. The number of methoxy groups -OCH3 is 1. The first-order chi connectivity index (χ1) is 8.49. The van der Waals surface area contributed by atoms with Crippen molar-refractivity contribution in [1.82, 2.24) is 4.90 Å². The van der Waals surface area contributed by atoms with E-state index in [4.69, 9.17) is 9.47 Å². The SMILES string of the molecule is COc1ccc(OC(C)C(=O)N(C)C)c(CO)c1. The third kappa shape index (κ3) is 3.37. The zero-order valence-corrected chi connectivity index (χ0v) is 11.1. The van der Waals surface area contributed by atoms with Crippen LogP contribution in [0, 0.1) is 0 Å². The zero-order valence-electron chi connectivity index (χ0n) is 11.1. The molecule has 1 unspecified atom stereocenters. The number of hydrogen-bond donors (Lipinski definition) is 1. The number of aliphatic hydroxyl groups excluding tert-OH is 1. The third-order valence-electron chi connectivity index (χ3n) is 2.53. The van der Waals surface area contributed by atoms with E-state index in [1.165, 1.54) is 4.90 Å². The quantitative estimate of drug-likeness (QED) is 0.852. The van der Waals surface area contributed by atoms with E-state index < -0.39 is 6.10 Å². The highest BCUT2D eigenvalue weighted by Crippen LogP contribution is 2.25. The predicted molar refractivity (Wildman–Crippen MR) is 67.7 cm³/mol. The first-order valence-corrected chi connectivity index (χ1v) is 5.65. The van der Waals surface area contributed by atoms with E-state index in [-0.39, 0.29) is 12.5 Å². The van der Waals surface area contributed by atoms with Crippen LogP contribution in [0.3, 0.4) is 0 Å². The summed E-state index contributed by atoms with van der Waals surface area (Å²) in [5, 5.41) is 9.27. The summed E-state index contributed by atoms with van der Waals surface area (Å²) < 4.78 is 10.6. The number of rotatable bonds is 5. The van der Waals surface area contributed by atoms with Gasteiger partial charge in [-0.25, -0.2) is 0 Å². The van der Waals surface area contributed by atoms with Crippen molar-refractivity contribution in [3.8, 4) is 11.5 Å². The van der Waals surface area contributed by atoms with Gasteiger partial charge in [0, 0.05) is 19.7 Å². The summed E-state index contributed by atoms with van der Waals surface area (Å²) in [6, 6.07) is 5.09. The van der Waals surface area contributed by atoms with Crippen LogP contribution in [0.15, 0.2) is 18.2 Å². The molecule has 0 saturated heterocycles. The van der Waals surface area contributed by atoms with Crippen molar-refractivity contribution in [3.63, 3.8) is 0 Å². The molecule has 1 rings (SSSR count). The van der Waals surface area contributed by atoms with Gasteiger partial charge in [0.2, 0.25) is 0 Å². The Bertz CT molecular complexity index is 417. The van der Waals surface area contributed by atoms with Gasteiger partial charge in [-0.15, -0.1) is 0 Å². The Hall–Kier alpha value is -1.75. The molecule has 0 aliphatic rings. The van der Waals surface area contributed by atoms with Crippen molar-refractivity contribution in [3.05, 3.63) is 23.8 Å². The van der Waals surface area contributed by atoms with Gasteiger partial charge in [-0.1, -0.05) is 0 Å². The molecule has 0 bridgehead atoms. The average molecular weight is 253 g/mol. The van der Waals surface area contributed by atoms with Gasteiger partial charge in [0.05, 0.1) is 13.7 Å². The van der Waals surface area contributed by atoms with Gasteiger partial charge < -0.3 is 19.5 Å². The standard InChI is InChI=1S/C13H19NO4/c1-9(13(16)14(2)3)18-12-6-5-11(17-4)7-10(12)8-15/h5-7,9,15H,8H2,1-4H3. The molecule has 0 heterocycles. The van der Waals surface area contributed by atoms with Crippen LogP contribution in [0.25, 0.3) is 0 Å². The van der Waals surface area contributed by atoms with E-state index in [2.05, 4.69) is 0 Å². The van der Waals surface area contributed by atoms with Crippen LogP contribution in [-0.2, 0) is 11.4 Å². The molecule has 1 amide bonds. The first-order valence-electron chi connectivity index (χ1n) is 5.65. The smallest absolute Gasteiger partial charge is 0.262 e. The van der Waals surface area contributed by atoms with Crippen LogP contribution in [0.2, 0.25) is 0 Å². The molecule has 5 nitrogen and oxygen atoms in total. The predicted octanol–water partition coefficient (Wildman–Crippen LogP) is 1.04. The maximum absolute atomic E-state index is 11.7. The van der Waals surface area contributed by atoms with Gasteiger partial charge in [0.15, 0.2) is 6.10 Å². The zero-order chi connectivity index (χ0) is 13.7. The highest BCUT2D eigenvalue weighted by atomic mass is 16.5. The Balaban J connectivity index is 2.87. The van der Waals surface area contributed by atoms with E-state index >= 15 is 0 Å². The molecule has 0 spiro atoms. The summed E-state index contributed by atoms with van der Waals surface area (Å²) in [5.74, 6) is 0.994. The van der Waals surface area contributed by atoms with Gasteiger partial charge in [-0.2, -0.15) is 0 Å². The molecule has 1 aromatic carbocycles. The van der Waals surface area contributed by atoms with Crippen molar-refractivity contribution in [2.45, 2.75) is 19.6 Å². The minimum Gasteiger partial charge on any atom is -0.497 e. The summed E-state index contributed by atoms with van der Waals surface area (Å²) in [6.45, 7) is 1.50. The second-order valence-electron chi connectivity index (χ2n) is 4.12. The van der Waals surface area contributed by atoms with E-state index in [9.17, 15) is 9.90 Å². The highest BCUT2D eigenvalue weighted by Gasteiger charge is 2.18. The molecule has 18 heavy (non-hydrogen) atoms. The molecule has 0 saturated carbocycles. The molecule has 0 fully saturated rings. The van der Waals surface area contributed by atoms with Crippen LogP contribution >= 0.6 is 0 Å². The lowest BCUT2D eigenvalue weighted by Gasteiger charge is -2.20. The van der Waals surface area contributed by atoms with Crippen LogP contribution < -0.4 is 9.47 Å². The number of amides is 1. The van der Waals surface area contributed by atoms with Crippen molar-refractivity contribution in [2.24, 2.45) is 0 Å². The molecule has 1 N–H and O–H groups in total. The maximum atomic E-state index is 11.7. The van der Waals surface area contributed by atoms with Crippen LogP contribution in [-0.4, -0.2) is 43.2 Å². The van der Waals surface area contributed by atoms with Crippen LogP contribution in [0.5, 0.6) is 11.5 Å².